The molecule has 0 bridgehead atoms. The van der Waals surface area contributed by atoms with E-state index in [1.54, 1.807) is 0 Å². The zero-order valence-electron chi connectivity index (χ0n) is 19.0. The fourth-order valence-electron chi connectivity index (χ4n) is 5.19. The Morgan fingerprint density at radius 1 is 0.594 bits per heavy atom. The number of hydrogen-bond acceptors (Lipinski definition) is 0. The zero-order valence-corrected chi connectivity index (χ0v) is 19.0. The molecule has 0 nitrogen and oxygen atoms in total. The summed E-state index contributed by atoms with van der Waals surface area (Å²) in [6.07, 6.45) is 10.3. The Morgan fingerprint density at radius 3 is 1.88 bits per heavy atom. The van der Waals surface area contributed by atoms with Crippen molar-refractivity contribution in [1.82, 2.24) is 0 Å². The van der Waals surface area contributed by atoms with Crippen LogP contribution in [0.4, 0.5) is 0 Å². The van der Waals surface area contributed by atoms with Crippen LogP contribution < -0.4 is 0 Å². The standard InChI is InChI=1S/C32H30/c1-4-7-8-9-10-22-11-14-26-24(21-22)13-16-30-28(26)18-20-31-29-15-12-23(5-2)25(6-3)27(29)17-19-32(30)31/h5-6,11-21H,2-4,7-10H2,1H3. The molecular formula is C32H30. The average molecular weight is 415 g/mol. The monoisotopic (exact) mass is 414 g/mol. The van der Waals surface area contributed by atoms with Crippen molar-refractivity contribution in [1.29, 1.82) is 0 Å². The number of benzene rings is 5. The summed E-state index contributed by atoms with van der Waals surface area (Å²) in [5.41, 5.74) is 3.74. The van der Waals surface area contributed by atoms with Gasteiger partial charge in [0.1, 0.15) is 0 Å². The summed E-state index contributed by atoms with van der Waals surface area (Å²) < 4.78 is 0. The molecule has 5 rings (SSSR count). The lowest BCUT2D eigenvalue weighted by Crippen LogP contribution is -1.88. The van der Waals surface area contributed by atoms with Gasteiger partial charge in [0, 0.05) is 0 Å². The molecule has 0 heterocycles. The van der Waals surface area contributed by atoms with Crippen LogP contribution in [0.25, 0.3) is 55.2 Å². The third kappa shape index (κ3) is 3.41. The highest BCUT2D eigenvalue weighted by molar-refractivity contribution is 6.22. The van der Waals surface area contributed by atoms with E-state index in [2.05, 4.69) is 86.8 Å². The van der Waals surface area contributed by atoms with Crippen LogP contribution in [0.15, 0.2) is 79.9 Å². The highest BCUT2D eigenvalue weighted by Crippen LogP contribution is 2.36. The minimum absolute atomic E-state index is 1.13. The van der Waals surface area contributed by atoms with Crippen LogP contribution in [0, 0.1) is 0 Å². The van der Waals surface area contributed by atoms with E-state index in [9.17, 15) is 0 Å². The van der Waals surface area contributed by atoms with Crippen LogP contribution >= 0.6 is 0 Å². The van der Waals surface area contributed by atoms with Gasteiger partial charge in [-0.15, -0.1) is 0 Å². The van der Waals surface area contributed by atoms with Gasteiger partial charge in [0.15, 0.2) is 0 Å². The lowest BCUT2D eigenvalue weighted by Gasteiger charge is -2.13. The molecule has 0 saturated carbocycles. The quantitative estimate of drug-likeness (QED) is 0.184. The van der Waals surface area contributed by atoms with E-state index in [0.29, 0.717) is 0 Å². The molecule has 5 aromatic carbocycles. The Bertz CT molecular complexity index is 1480. The number of rotatable bonds is 7. The second kappa shape index (κ2) is 8.63. The fraction of sp³-hybridized carbons (Fsp3) is 0.188. The van der Waals surface area contributed by atoms with E-state index in [4.69, 9.17) is 0 Å². The van der Waals surface area contributed by atoms with Crippen molar-refractivity contribution in [2.45, 2.75) is 39.0 Å². The minimum Gasteiger partial charge on any atom is -0.0984 e. The summed E-state index contributed by atoms with van der Waals surface area (Å²) >= 11 is 0. The van der Waals surface area contributed by atoms with Crippen molar-refractivity contribution in [3.63, 3.8) is 0 Å². The van der Waals surface area contributed by atoms with E-state index >= 15 is 0 Å². The molecular weight excluding hydrogens is 384 g/mol. The Labute approximate surface area is 190 Å². The highest BCUT2D eigenvalue weighted by atomic mass is 14.1. The normalized spacial score (nSPS) is 11.5. The maximum atomic E-state index is 4.04. The average Bonchev–Trinajstić information content (AvgIpc) is 2.84. The van der Waals surface area contributed by atoms with Crippen molar-refractivity contribution >= 4 is 55.2 Å². The minimum atomic E-state index is 1.13. The van der Waals surface area contributed by atoms with Crippen LogP contribution in [0.3, 0.4) is 0 Å². The summed E-state index contributed by atoms with van der Waals surface area (Å²) in [6.45, 7) is 10.3. The molecule has 158 valence electrons. The van der Waals surface area contributed by atoms with Crippen molar-refractivity contribution in [3.8, 4) is 0 Å². The number of fused-ring (bicyclic) bond motifs is 7. The molecule has 0 unspecified atom stereocenters. The third-order valence-electron chi connectivity index (χ3n) is 6.89. The number of hydrogen-bond donors (Lipinski definition) is 0. The summed E-state index contributed by atoms with van der Waals surface area (Å²) in [5, 5.41) is 10.4. The molecule has 32 heavy (non-hydrogen) atoms. The van der Waals surface area contributed by atoms with Gasteiger partial charge >= 0.3 is 0 Å². The molecule has 0 fully saturated rings. The Kier molecular flexibility index (Phi) is 5.53. The van der Waals surface area contributed by atoms with E-state index in [1.165, 1.54) is 80.8 Å². The molecule has 0 aliphatic rings. The molecule has 0 N–H and O–H groups in total. The molecule has 0 amide bonds. The highest BCUT2D eigenvalue weighted by Gasteiger charge is 2.10. The third-order valence-corrected chi connectivity index (χ3v) is 6.89. The topological polar surface area (TPSA) is 0 Å². The molecule has 0 aromatic heterocycles. The van der Waals surface area contributed by atoms with Gasteiger partial charge in [0.2, 0.25) is 0 Å². The maximum absolute atomic E-state index is 4.04. The SMILES string of the molecule is C=Cc1ccc2c(ccc3c2ccc2c4ccc(CCCCCC)cc4ccc23)c1C=C. The van der Waals surface area contributed by atoms with Gasteiger partial charge in [-0.25, -0.2) is 0 Å². The Hall–Kier alpha value is -3.38. The van der Waals surface area contributed by atoms with Crippen LogP contribution in [0.2, 0.25) is 0 Å². The molecule has 0 heteroatoms. The van der Waals surface area contributed by atoms with E-state index < -0.39 is 0 Å². The van der Waals surface area contributed by atoms with Gasteiger partial charge in [-0.05, 0) is 72.6 Å². The fourth-order valence-corrected chi connectivity index (χ4v) is 5.19. The van der Waals surface area contributed by atoms with Crippen molar-refractivity contribution in [2.24, 2.45) is 0 Å². The Morgan fingerprint density at radius 2 is 1.19 bits per heavy atom. The molecule has 0 radical (unpaired) electrons. The molecule has 0 aliphatic heterocycles. The van der Waals surface area contributed by atoms with E-state index in [-0.39, 0.29) is 0 Å². The second-order valence-electron chi connectivity index (χ2n) is 8.82. The summed E-state index contributed by atoms with van der Waals surface area (Å²) in [6, 6.07) is 25.1. The molecule has 0 aliphatic carbocycles. The Balaban J connectivity index is 1.65. The predicted octanol–water partition coefficient (Wildman–Crippen LogP) is 9.71. The van der Waals surface area contributed by atoms with Crippen LogP contribution in [0.1, 0.15) is 49.3 Å². The van der Waals surface area contributed by atoms with Gasteiger partial charge in [-0.1, -0.05) is 118 Å². The molecule has 5 aromatic rings. The van der Waals surface area contributed by atoms with Gasteiger partial charge in [0.25, 0.3) is 0 Å². The zero-order chi connectivity index (χ0) is 22.1. The summed E-state index contributed by atoms with van der Waals surface area (Å²) in [4.78, 5) is 0. The first kappa shape index (κ1) is 20.5. The summed E-state index contributed by atoms with van der Waals surface area (Å²) in [5.74, 6) is 0. The smallest absolute Gasteiger partial charge is 0.00987 e. The van der Waals surface area contributed by atoms with Crippen LogP contribution in [0.5, 0.6) is 0 Å². The first-order valence-corrected chi connectivity index (χ1v) is 11.8. The number of unbranched alkanes of at least 4 members (excludes halogenated alkanes) is 3. The van der Waals surface area contributed by atoms with E-state index in [0.717, 1.165) is 11.1 Å². The number of aryl methyl sites for hydroxylation is 1. The maximum Gasteiger partial charge on any atom is -0.00987 e. The second-order valence-corrected chi connectivity index (χ2v) is 8.82. The van der Waals surface area contributed by atoms with Crippen molar-refractivity contribution < 1.29 is 0 Å². The van der Waals surface area contributed by atoms with Gasteiger partial charge in [-0.2, -0.15) is 0 Å². The van der Waals surface area contributed by atoms with Crippen molar-refractivity contribution in [3.05, 3.63) is 96.6 Å². The van der Waals surface area contributed by atoms with Gasteiger partial charge in [0.05, 0.1) is 0 Å². The van der Waals surface area contributed by atoms with E-state index in [1.807, 2.05) is 12.2 Å². The van der Waals surface area contributed by atoms with Crippen molar-refractivity contribution in [2.75, 3.05) is 0 Å². The lowest BCUT2D eigenvalue weighted by atomic mass is 9.91. The first-order chi connectivity index (χ1) is 15.7. The molecule has 0 atom stereocenters. The first-order valence-electron chi connectivity index (χ1n) is 11.8. The van der Waals surface area contributed by atoms with Crippen LogP contribution in [-0.2, 0) is 6.42 Å². The van der Waals surface area contributed by atoms with Gasteiger partial charge in [-0.3, -0.25) is 0 Å². The predicted molar refractivity (Wildman–Crippen MR) is 144 cm³/mol. The lowest BCUT2D eigenvalue weighted by molar-refractivity contribution is 0.667. The summed E-state index contributed by atoms with van der Waals surface area (Å²) in [7, 11) is 0. The molecule has 0 spiro atoms. The van der Waals surface area contributed by atoms with Gasteiger partial charge < -0.3 is 0 Å². The largest absolute Gasteiger partial charge is 0.0984 e. The molecule has 0 saturated heterocycles. The van der Waals surface area contributed by atoms with Crippen LogP contribution in [-0.4, -0.2) is 0 Å².